The van der Waals surface area contributed by atoms with Crippen LogP contribution in [0, 0.1) is 0 Å². The fraction of sp³-hybridized carbons (Fsp3) is 0.222. The van der Waals surface area contributed by atoms with Crippen molar-refractivity contribution in [3.8, 4) is 11.5 Å². The molecule has 1 heterocycles. The zero-order valence-corrected chi connectivity index (χ0v) is 15.6. The molecule has 136 valence electrons. The lowest BCUT2D eigenvalue weighted by Gasteiger charge is -2.14. The molecule has 0 radical (unpaired) electrons. The Labute approximate surface area is 155 Å². The molecule has 0 spiro atoms. The quantitative estimate of drug-likeness (QED) is 0.655. The zero-order chi connectivity index (χ0) is 19.1. The third-order valence-corrected chi connectivity index (χ3v) is 5.65. The summed E-state index contributed by atoms with van der Waals surface area (Å²) in [7, 11) is -4.43. The fourth-order valence-electron chi connectivity index (χ4n) is 2.59. The van der Waals surface area contributed by atoms with Gasteiger partial charge in [-0.2, -0.15) is 8.42 Å². The number of benzene rings is 2. The van der Waals surface area contributed by atoms with Crippen molar-refractivity contribution in [3.05, 3.63) is 53.1 Å². The smallest absolute Gasteiger partial charge is 0.274 e. The summed E-state index contributed by atoms with van der Waals surface area (Å²) in [6.07, 6.45) is 0. The number of Topliss-reactive ketones (excluding diaryl/α,β-unsaturated/α-hetero) is 1. The van der Waals surface area contributed by atoms with Gasteiger partial charge in [-0.05, 0) is 48.9 Å². The van der Waals surface area contributed by atoms with Gasteiger partial charge in [0.2, 0.25) is 5.89 Å². The standard InChI is InChI=1S/C18H16ClNO5S/c1-10(17(21)11(2)26(22,23)24)13-5-8-16-15(9-13)20-18(25-16)12-3-6-14(19)7-4-12/h3-11H,1-2H3,(H,22,23,24). The van der Waals surface area contributed by atoms with Crippen molar-refractivity contribution in [2.45, 2.75) is 25.0 Å². The van der Waals surface area contributed by atoms with Gasteiger partial charge in [-0.15, -0.1) is 0 Å². The first kappa shape index (κ1) is 18.6. The summed E-state index contributed by atoms with van der Waals surface area (Å²) in [5.41, 5.74) is 2.44. The molecule has 3 aromatic rings. The highest BCUT2D eigenvalue weighted by molar-refractivity contribution is 7.87. The van der Waals surface area contributed by atoms with Crippen LogP contribution in [0.4, 0.5) is 0 Å². The molecule has 0 aliphatic rings. The summed E-state index contributed by atoms with van der Waals surface area (Å²) < 4.78 is 37.2. The number of aromatic nitrogens is 1. The number of hydrogen-bond acceptors (Lipinski definition) is 5. The summed E-state index contributed by atoms with van der Waals surface area (Å²) >= 11 is 5.88. The molecule has 1 aromatic heterocycles. The molecule has 8 heteroatoms. The van der Waals surface area contributed by atoms with Gasteiger partial charge in [0.1, 0.15) is 10.8 Å². The van der Waals surface area contributed by atoms with Gasteiger partial charge in [-0.3, -0.25) is 9.35 Å². The van der Waals surface area contributed by atoms with Crippen LogP contribution in [0.1, 0.15) is 25.3 Å². The van der Waals surface area contributed by atoms with Crippen molar-refractivity contribution in [1.29, 1.82) is 0 Å². The van der Waals surface area contributed by atoms with Crippen LogP contribution in [0.5, 0.6) is 0 Å². The third-order valence-electron chi connectivity index (χ3n) is 4.28. The predicted molar refractivity (Wildman–Crippen MR) is 98.9 cm³/mol. The zero-order valence-electron chi connectivity index (χ0n) is 14.0. The van der Waals surface area contributed by atoms with Crippen LogP contribution in [-0.4, -0.2) is 29.0 Å². The second-order valence-corrected chi connectivity index (χ2v) is 8.21. The van der Waals surface area contributed by atoms with E-state index in [1.807, 2.05) is 0 Å². The van der Waals surface area contributed by atoms with Gasteiger partial charge in [0, 0.05) is 16.5 Å². The van der Waals surface area contributed by atoms with E-state index in [0.29, 0.717) is 27.6 Å². The first-order valence-corrected chi connectivity index (χ1v) is 9.71. The molecule has 0 aliphatic carbocycles. The predicted octanol–water partition coefficient (Wildman–Crippen LogP) is 4.10. The average Bonchev–Trinajstić information content (AvgIpc) is 3.02. The summed E-state index contributed by atoms with van der Waals surface area (Å²) in [6, 6.07) is 12.1. The number of carbonyl (C=O) groups is 1. The van der Waals surface area contributed by atoms with E-state index in [9.17, 15) is 13.2 Å². The Hall–Kier alpha value is -2.22. The van der Waals surface area contributed by atoms with E-state index < -0.39 is 27.1 Å². The number of halogens is 1. The molecule has 26 heavy (non-hydrogen) atoms. The number of ketones is 1. The molecule has 6 nitrogen and oxygen atoms in total. The van der Waals surface area contributed by atoms with Gasteiger partial charge in [0.05, 0.1) is 0 Å². The topological polar surface area (TPSA) is 97.5 Å². The lowest BCUT2D eigenvalue weighted by molar-refractivity contribution is -0.119. The first-order chi connectivity index (χ1) is 12.2. The summed E-state index contributed by atoms with van der Waals surface area (Å²) in [5, 5.41) is -0.887. The van der Waals surface area contributed by atoms with Crippen molar-refractivity contribution < 1.29 is 22.2 Å². The fourth-order valence-corrected chi connectivity index (χ4v) is 3.22. The number of oxazole rings is 1. The highest BCUT2D eigenvalue weighted by Gasteiger charge is 2.30. The van der Waals surface area contributed by atoms with E-state index in [1.165, 1.54) is 6.92 Å². The van der Waals surface area contributed by atoms with E-state index in [1.54, 1.807) is 49.4 Å². The number of carbonyl (C=O) groups excluding carboxylic acids is 1. The minimum absolute atomic E-state index is 0.416. The minimum Gasteiger partial charge on any atom is -0.436 e. The molecule has 0 fully saturated rings. The number of fused-ring (bicyclic) bond motifs is 1. The van der Waals surface area contributed by atoms with E-state index in [-0.39, 0.29) is 0 Å². The minimum atomic E-state index is -4.43. The molecule has 3 rings (SSSR count). The van der Waals surface area contributed by atoms with Crippen molar-refractivity contribution in [2.75, 3.05) is 0 Å². The third kappa shape index (κ3) is 3.65. The molecule has 2 atom stereocenters. The van der Waals surface area contributed by atoms with E-state index in [0.717, 1.165) is 5.56 Å². The van der Waals surface area contributed by atoms with Crippen LogP contribution < -0.4 is 0 Å². The van der Waals surface area contributed by atoms with E-state index in [2.05, 4.69) is 4.98 Å². The van der Waals surface area contributed by atoms with Crippen molar-refractivity contribution in [3.63, 3.8) is 0 Å². The molecule has 2 unspecified atom stereocenters. The van der Waals surface area contributed by atoms with Crippen LogP contribution in [0.25, 0.3) is 22.6 Å². The van der Waals surface area contributed by atoms with Crippen LogP contribution in [0.3, 0.4) is 0 Å². The molecule has 2 aromatic carbocycles. The maximum absolute atomic E-state index is 12.3. The van der Waals surface area contributed by atoms with Crippen LogP contribution >= 0.6 is 11.6 Å². The number of nitrogens with zero attached hydrogens (tertiary/aromatic N) is 1. The average molecular weight is 394 g/mol. The Morgan fingerprint density at radius 2 is 1.81 bits per heavy atom. The summed E-state index contributed by atoms with van der Waals surface area (Å²) in [6.45, 7) is 2.76. The lowest BCUT2D eigenvalue weighted by atomic mass is 9.95. The van der Waals surface area contributed by atoms with Gasteiger partial charge in [0.15, 0.2) is 11.4 Å². The highest BCUT2D eigenvalue weighted by atomic mass is 35.5. The normalized spacial score (nSPS) is 14.3. The van der Waals surface area contributed by atoms with Crippen molar-refractivity contribution >= 4 is 38.6 Å². The number of rotatable bonds is 5. The van der Waals surface area contributed by atoms with E-state index in [4.69, 9.17) is 20.6 Å². The largest absolute Gasteiger partial charge is 0.436 e. The van der Waals surface area contributed by atoms with Crippen LogP contribution in [0.15, 0.2) is 46.9 Å². The second kappa shape index (κ2) is 6.83. The molecule has 0 saturated carbocycles. The second-order valence-electron chi connectivity index (χ2n) is 6.03. The highest BCUT2D eigenvalue weighted by Crippen LogP contribution is 2.28. The maximum Gasteiger partial charge on any atom is 0.274 e. The Morgan fingerprint density at radius 3 is 2.42 bits per heavy atom. The molecule has 1 N–H and O–H groups in total. The molecule has 0 amide bonds. The SMILES string of the molecule is CC(C(=O)C(C)S(=O)(=O)O)c1ccc2oc(-c3ccc(Cl)cc3)nc2c1. The van der Waals surface area contributed by atoms with Gasteiger partial charge in [-0.25, -0.2) is 4.98 Å². The van der Waals surface area contributed by atoms with E-state index >= 15 is 0 Å². The van der Waals surface area contributed by atoms with Gasteiger partial charge in [-0.1, -0.05) is 24.6 Å². The summed E-state index contributed by atoms with van der Waals surface area (Å²) in [4.78, 5) is 16.7. The van der Waals surface area contributed by atoms with Crippen LogP contribution in [0.2, 0.25) is 5.02 Å². The molecule has 0 saturated heterocycles. The Bertz CT molecular complexity index is 1070. The lowest BCUT2D eigenvalue weighted by Crippen LogP contribution is -2.30. The number of hydrogen-bond donors (Lipinski definition) is 1. The van der Waals surface area contributed by atoms with Gasteiger partial charge >= 0.3 is 0 Å². The van der Waals surface area contributed by atoms with Crippen LogP contribution in [-0.2, 0) is 14.9 Å². The molecular formula is C18H16ClNO5S. The van der Waals surface area contributed by atoms with Gasteiger partial charge < -0.3 is 4.42 Å². The monoisotopic (exact) mass is 393 g/mol. The maximum atomic E-state index is 12.3. The Balaban J connectivity index is 1.94. The molecule has 0 bridgehead atoms. The Kier molecular flexibility index (Phi) is 4.88. The first-order valence-electron chi connectivity index (χ1n) is 7.83. The molecule has 0 aliphatic heterocycles. The molecular weight excluding hydrogens is 378 g/mol. The van der Waals surface area contributed by atoms with Gasteiger partial charge in [0.25, 0.3) is 10.1 Å². The van der Waals surface area contributed by atoms with Crippen molar-refractivity contribution in [2.24, 2.45) is 0 Å². The summed E-state index contributed by atoms with van der Waals surface area (Å²) in [5.74, 6) is -0.889. The van der Waals surface area contributed by atoms with Crippen molar-refractivity contribution in [1.82, 2.24) is 4.98 Å². The Morgan fingerprint density at radius 1 is 1.15 bits per heavy atom.